The summed E-state index contributed by atoms with van der Waals surface area (Å²) in [6.45, 7) is 91.1. The van der Waals surface area contributed by atoms with Gasteiger partial charge in [-0.05, 0) is 252 Å². The Hall–Kier alpha value is -4.12. The molecule has 3 aromatic rings. The highest BCUT2D eigenvalue weighted by Crippen LogP contribution is 2.48. The van der Waals surface area contributed by atoms with Gasteiger partial charge in [0.1, 0.15) is 0 Å². The van der Waals surface area contributed by atoms with E-state index in [9.17, 15) is 0 Å². The highest BCUT2D eigenvalue weighted by Gasteiger charge is 2.37. The van der Waals surface area contributed by atoms with Gasteiger partial charge in [0, 0.05) is 0 Å². The molecular formula is C89H146. The van der Waals surface area contributed by atoms with Gasteiger partial charge in [-0.25, -0.2) is 0 Å². The molecule has 0 nitrogen and oxygen atoms in total. The van der Waals surface area contributed by atoms with E-state index >= 15 is 0 Å². The van der Waals surface area contributed by atoms with Crippen LogP contribution in [-0.4, -0.2) is 0 Å². The lowest BCUT2D eigenvalue weighted by molar-refractivity contribution is 0.209. The van der Waals surface area contributed by atoms with E-state index in [2.05, 4.69) is 296 Å². The summed E-state index contributed by atoms with van der Waals surface area (Å²) in [6.07, 6.45) is 24.5. The molecule has 0 saturated carbocycles. The van der Waals surface area contributed by atoms with Crippen LogP contribution in [0.15, 0.2) is 114 Å². The summed E-state index contributed by atoms with van der Waals surface area (Å²) in [5, 5.41) is 0. The Morgan fingerprint density at radius 1 is 0.461 bits per heavy atom. The molecule has 3 aromatic carbocycles. The zero-order valence-electron chi connectivity index (χ0n) is 65.7. The third-order valence-corrected chi connectivity index (χ3v) is 19.6. The summed E-state index contributed by atoms with van der Waals surface area (Å²) in [6, 6.07) is 14.6. The van der Waals surface area contributed by atoms with Crippen molar-refractivity contribution >= 4 is 0 Å². The predicted molar refractivity (Wildman–Crippen MR) is 407 cm³/mol. The lowest BCUT2D eigenvalue weighted by Crippen LogP contribution is -2.32. The number of allylic oxidation sites excluding steroid dienone is 9. The van der Waals surface area contributed by atoms with Crippen molar-refractivity contribution in [3.8, 4) is 0 Å². The molecule has 2 unspecified atom stereocenters. The molecule has 0 N–H and O–H groups in total. The number of hydrogen-bond acceptors (Lipinski definition) is 0. The first kappa shape index (κ1) is 82.9. The molecular weight excluding hydrogens is 1070 g/mol. The summed E-state index contributed by atoms with van der Waals surface area (Å²) < 4.78 is 0. The maximum atomic E-state index is 4.61. The highest BCUT2D eigenvalue weighted by atomic mass is 14.4. The molecule has 0 aliphatic heterocycles. The second kappa shape index (κ2) is 33.6. The van der Waals surface area contributed by atoms with Crippen molar-refractivity contribution in [2.24, 2.45) is 28.1 Å². The molecule has 0 bridgehead atoms. The first-order valence-corrected chi connectivity index (χ1v) is 35.4. The SMILES string of the molecule is C/C=C/C.C=C(C)CCc1cc(C(C)(C)C)c(C)c(C(C)(C)C)c1.C=C(CCc1cc(C(C)(C)C)c(C)c(C(C)(C)C)c1)CCC(CC)(CC)CCCC1=CC(C(C)(C)C)C(C)C(C(C)(C)C)=C1.C=C=C(C)CCc1cc(C(C)(C)C)c(C)c(C(C)(C)C)c1. The topological polar surface area (TPSA) is 0 Å². The Morgan fingerprint density at radius 3 is 1.06 bits per heavy atom. The van der Waals surface area contributed by atoms with Gasteiger partial charge in [-0.1, -0.05) is 296 Å². The average molecular weight is 1220 g/mol. The van der Waals surface area contributed by atoms with Gasteiger partial charge in [0.05, 0.1) is 0 Å². The van der Waals surface area contributed by atoms with Crippen molar-refractivity contribution in [2.75, 3.05) is 0 Å². The Bertz CT molecular complexity index is 2780. The van der Waals surface area contributed by atoms with Crippen LogP contribution in [0.2, 0.25) is 0 Å². The van der Waals surface area contributed by atoms with E-state index in [-0.39, 0.29) is 43.3 Å². The Balaban J connectivity index is 0.000000727. The number of benzene rings is 3. The van der Waals surface area contributed by atoms with E-state index in [1.165, 1.54) is 122 Å². The number of aryl methyl sites for hydroxylation is 3. The molecule has 502 valence electrons. The molecule has 0 heteroatoms. The minimum absolute atomic E-state index is 0.155. The van der Waals surface area contributed by atoms with E-state index in [1.807, 2.05) is 26.0 Å². The predicted octanol–water partition coefficient (Wildman–Crippen LogP) is 28.0. The van der Waals surface area contributed by atoms with Crippen LogP contribution in [0.4, 0.5) is 0 Å². The summed E-state index contributed by atoms with van der Waals surface area (Å²) in [7, 11) is 0. The van der Waals surface area contributed by atoms with Gasteiger partial charge in [-0.3, -0.25) is 0 Å². The van der Waals surface area contributed by atoms with Crippen molar-refractivity contribution in [2.45, 2.75) is 351 Å². The molecule has 0 heterocycles. The molecule has 2 atom stereocenters. The fourth-order valence-corrected chi connectivity index (χ4v) is 13.8. The van der Waals surface area contributed by atoms with Crippen molar-refractivity contribution in [3.63, 3.8) is 0 Å². The van der Waals surface area contributed by atoms with Gasteiger partial charge in [0.2, 0.25) is 0 Å². The van der Waals surface area contributed by atoms with E-state index in [4.69, 9.17) is 0 Å². The third kappa shape index (κ3) is 26.8. The van der Waals surface area contributed by atoms with Gasteiger partial charge in [0.25, 0.3) is 0 Å². The normalized spacial score (nSPS) is 15.4. The monoisotopic (exact) mass is 1220 g/mol. The Morgan fingerprint density at radius 2 is 0.787 bits per heavy atom. The van der Waals surface area contributed by atoms with Crippen LogP contribution in [0.25, 0.3) is 0 Å². The smallest absolute Gasteiger partial charge is 0.0116 e. The highest BCUT2D eigenvalue weighted by molar-refractivity contribution is 5.48. The largest absolute Gasteiger partial charge is 0.130 e. The second-order valence-corrected chi connectivity index (χ2v) is 36.1. The molecule has 4 rings (SSSR count). The zero-order chi connectivity index (χ0) is 69.4. The Kier molecular flexibility index (Phi) is 31.3. The molecule has 0 saturated heterocycles. The van der Waals surface area contributed by atoms with Crippen LogP contribution >= 0.6 is 0 Å². The molecule has 0 aromatic heterocycles. The molecule has 0 amide bonds. The molecule has 1 aliphatic carbocycles. The number of hydrogen-bond donors (Lipinski definition) is 0. The molecule has 89 heavy (non-hydrogen) atoms. The molecule has 0 fully saturated rings. The maximum Gasteiger partial charge on any atom is -0.0116 e. The standard InChI is InChI=1S/C44H74.C21H32.C20H32.C4H8/c1-18-44(19-2,25-20-21-34-27-36(40(6,7)8)32(4)37(28-34)41(9,10)11)26-24-31(3)22-23-35-29-38(42(12,13)14)33(5)39(30-35)43(15,16)17;1-10-15(2)11-12-17-13-18(20(4,5)6)16(3)19(14-17)21(7,8)9;1-14(2)10-11-16-12-17(19(4,5)6)15(3)18(13-16)20(7,8)9;1-3-4-2/h27-30,32,36H,3,18-26H2,1-2,4-17H3;13-14H,1,11-12H2,2-9H3;12-13H,1,10-11H2,2-9H3;3-4H,1-2H3/b;;;4-3+. The average Bonchev–Trinajstić information content (AvgIpc) is 1.23. The third-order valence-electron chi connectivity index (χ3n) is 19.6. The van der Waals surface area contributed by atoms with Crippen LogP contribution < -0.4 is 0 Å². The van der Waals surface area contributed by atoms with Gasteiger partial charge in [0.15, 0.2) is 0 Å². The van der Waals surface area contributed by atoms with Crippen LogP contribution in [0.3, 0.4) is 0 Å². The van der Waals surface area contributed by atoms with E-state index in [1.54, 1.807) is 11.1 Å². The van der Waals surface area contributed by atoms with E-state index < -0.39 is 0 Å². The van der Waals surface area contributed by atoms with Gasteiger partial charge < -0.3 is 0 Å². The minimum atomic E-state index is 0.155. The minimum Gasteiger partial charge on any atom is -0.130 e. The van der Waals surface area contributed by atoms with Gasteiger partial charge in [-0.2, -0.15) is 0 Å². The lowest BCUT2D eigenvalue weighted by atomic mass is 9.63. The lowest BCUT2D eigenvalue weighted by Gasteiger charge is -2.42. The van der Waals surface area contributed by atoms with Crippen LogP contribution in [0.1, 0.15) is 346 Å². The van der Waals surface area contributed by atoms with Crippen LogP contribution in [0, 0.1) is 48.9 Å². The van der Waals surface area contributed by atoms with Gasteiger partial charge in [-0.15, -0.1) is 12.3 Å². The van der Waals surface area contributed by atoms with Crippen molar-refractivity contribution < 1.29 is 0 Å². The number of rotatable bonds is 18. The summed E-state index contributed by atoms with van der Waals surface area (Å²) in [5.74, 6) is 1.21. The van der Waals surface area contributed by atoms with Crippen LogP contribution in [0.5, 0.6) is 0 Å². The summed E-state index contributed by atoms with van der Waals surface area (Å²) in [4.78, 5) is 0. The maximum absolute atomic E-state index is 4.61. The second-order valence-electron chi connectivity index (χ2n) is 36.1. The molecule has 0 spiro atoms. The Labute approximate surface area is 557 Å². The van der Waals surface area contributed by atoms with Gasteiger partial charge >= 0.3 is 0 Å². The molecule has 0 radical (unpaired) electrons. The van der Waals surface area contributed by atoms with E-state index in [0.717, 1.165) is 44.9 Å². The summed E-state index contributed by atoms with van der Waals surface area (Å²) >= 11 is 0. The molecule has 1 aliphatic rings. The summed E-state index contributed by atoms with van der Waals surface area (Å²) in [5.41, 5.74) is 29.9. The van der Waals surface area contributed by atoms with Crippen molar-refractivity contribution in [1.82, 2.24) is 0 Å². The fourth-order valence-electron chi connectivity index (χ4n) is 13.8. The van der Waals surface area contributed by atoms with Crippen molar-refractivity contribution in [1.29, 1.82) is 0 Å². The quantitative estimate of drug-likeness (QED) is 0.0880. The fraction of sp³-hybridized carbons (Fsp3) is 0.652. The van der Waals surface area contributed by atoms with Crippen molar-refractivity contribution in [3.05, 3.63) is 181 Å². The van der Waals surface area contributed by atoms with Crippen LogP contribution in [-0.2, 0) is 51.8 Å². The zero-order valence-corrected chi connectivity index (χ0v) is 65.7. The first-order chi connectivity index (χ1) is 40.3. The van der Waals surface area contributed by atoms with E-state index in [0.29, 0.717) is 17.3 Å². The first-order valence-electron chi connectivity index (χ1n) is 35.4.